The van der Waals surface area contributed by atoms with Gasteiger partial charge in [-0.1, -0.05) is 12.1 Å². The van der Waals surface area contributed by atoms with Crippen LogP contribution in [0.2, 0.25) is 0 Å². The van der Waals surface area contributed by atoms with Crippen LogP contribution in [0.25, 0.3) is 0 Å². The minimum absolute atomic E-state index is 0. The lowest BCUT2D eigenvalue weighted by atomic mass is 10.1. The van der Waals surface area contributed by atoms with Gasteiger partial charge in [0.15, 0.2) is 0 Å². The van der Waals surface area contributed by atoms with E-state index in [1.807, 2.05) is 6.92 Å². The third kappa shape index (κ3) is 4.81. The number of hydrogen-bond acceptors (Lipinski definition) is 4. The molecule has 3 rings (SSSR count). The number of amides is 1. The van der Waals surface area contributed by atoms with E-state index in [0.717, 1.165) is 12.1 Å². The van der Waals surface area contributed by atoms with Crippen molar-refractivity contribution >= 4 is 34.0 Å². The Morgan fingerprint density at radius 1 is 1.25 bits per heavy atom. The van der Waals surface area contributed by atoms with Crippen LogP contribution in [0.4, 0.5) is 10.1 Å². The molecule has 1 atom stereocenters. The zero-order chi connectivity index (χ0) is 19.6. The second-order valence-corrected chi connectivity index (χ2v) is 8.32. The highest BCUT2D eigenvalue weighted by molar-refractivity contribution is 7.92. The van der Waals surface area contributed by atoms with E-state index >= 15 is 0 Å². The zero-order valence-electron chi connectivity index (χ0n) is 15.6. The van der Waals surface area contributed by atoms with E-state index in [2.05, 4.69) is 10.0 Å². The zero-order valence-corrected chi connectivity index (χ0v) is 17.2. The summed E-state index contributed by atoms with van der Waals surface area (Å²) in [5.41, 5.74) is 0.787. The smallest absolute Gasteiger partial charge is 0.262 e. The molecule has 9 heteroatoms. The van der Waals surface area contributed by atoms with Gasteiger partial charge in [-0.05, 0) is 49.7 Å². The van der Waals surface area contributed by atoms with Gasteiger partial charge in [-0.2, -0.15) is 0 Å². The molecule has 0 spiro atoms. The van der Waals surface area contributed by atoms with Gasteiger partial charge in [0.1, 0.15) is 5.82 Å². The number of aryl methyl sites for hydroxylation is 1. The summed E-state index contributed by atoms with van der Waals surface area (Å²) in [6, 6.07) is 10.2. The van der Waals surface area contributed by atoms with Crippen molar-refractivity contribution in [1.29, 1.82) is 0 Å². The van der Waals surface area contributed by atoms with Crippen LogP contribution in [0.3, 0.4) is 0 Å². The van der Waals surface area contributed by atoms with Crippen LogP contribution in [0, 0.1) is 12.7 Å². The highest BCUT2D eigenvalue weighted by atomic mass is 35.5. The summed E-state index contributed by atoms with van der Waals surface area (Å²) < 4.78 is 41.3. The van der Waals surface area contributed by atoms with Crippen molar-refractivity contribution < 1.29 is 17.6 Å². The van der Waals surface area contributed by atoms with E-state index in [4.69, 9.17) is 0 Å². The molecule has 1 fully saturated rings. The van der Waals surface area contributed by atoms with Crippen LogP contribution in [0.15, 0.2) is 47.4 Å². The number of anilines is 1. The number of halogens is 2. The predicted molar refractivity (Wildman–Crippen MR) is 109 cm³/mol. The number of para-hydroxylation sites is 1. The Labute approximate surface area is 170 Å². The van der Waals surface area contributed by atoms with Gasteiger partial charge in [-0.15, -0.1) is 12.4 Å². The Kier molecular flexibility index (Phi) is 7.03. The van der Waals surface area contributed by atoms with Crippen molar-refractivity contribution in [3.8, 4) is 0 Å². The number of piperazine rings is 1. The van der Waals surface area contributed by atoms with Gasteiger partial charge < -0.3 is 10.2 Å². The van der Waals surface area contributed by atoms with Crippen molar-refractivity contribution in [2.75, 3.05) is 24.4 Å². The maximum atomic E-state index is 13.3. The highest BCUT2D eigenvalue weighted by Crippen LogP contribution is 2.24. The molecule has 1 saturated heterocycles. The molecule has 1 aliphatic rings. The topological polar surface area (TPSA) is 78.5 Å². The average Bonchev–Trinajstić information content (AvgIpc) is 2.61. The van der Waals surface area contributed by atoms with E-state index in [1.54, 1.807) is 29.2 Å². The molecule has 1 heterocycles. The summed E-state index contributed by atoms with van der Waals surface area (Å²) in [5.74, 6) is -0.729. The van der Waals surface area contributed by atoms with Gasteiger partial charge in [-0.25, -0.2) is 12.8 Å². The molecule has 0 radical (unpaired) electrons. The van der Waals surface area contributed by atoms with E-state index in [9.17, 15) is 17.6 Å². The fourth-order valence-electron chi connectivity index (χ4n) is 3.16. The van der Waals surface area contributed by atoms with Gasteiger partial charge in [0.25, 0.3) is 15.9 Å². The second-order valence-electron chi connectivity index (χ2n) is 6.67. The SMILES string of the molecule is Cc1cc(F)ccc1S(=O)(=O)Nc1ccccc1C(=O)N1CCNC(C)C1.Cl. The highest BCUT2D eigenvalue weighted by Gasteiger charge is 2.25. The van der Waals surface area contributed by atoms with Gasteiger partial charge in [0.2, 0.25) is 0 Å². The molecule has 0 bridgehead atoms. The fraction of sp³-hybridized carbons (Fsp3) is 0.316. The lowest BCUT2D eigenvalue weighted by Gasteiger charge is -2.32. The van der Waals surface area contributed by atoms with Crippen molar-refractivity contribution in [2.24, 2.45) is 0 Å². The number of nitrogens with zero attached hydrogens (tertiary/aromatic N) is 1. The molecular formula is C19H23ClFN3O3S. The molecule has 6 nitrogen and oxygen atoms in total. The molecule has 0 aromatic heterocycles. The first kappa shape index (κ1) is 22.1. The fourth-order valence-corrected chi connectivity index (χ4v) is 4.47. The summed E-state index contributed by atoms with van der Waals surface area (Å²) in [5, 5.41) is 3.27. The lowest BCUT2D eigenvalue weighted by molar-refractivity contribution is 0.0710. The third-order valence-electron chi connectivity index (χ3n) is 4.48. The Morgan fingerprint density at radius 2 is 1.96 bits per heavy atom. The molecule has 152 valence electrons. The Bertz CT molecular complexity index is 969. The summed E-state index contributed by atoms with van der Waals surface area (Å²) in [7, 11) is -3.96. The summed E-state index contributed by atoms with van der Waals surface area (Å²) in [6.07, 6.45) is 0. The molecule has 2 N–H and O–H groups in total. The Balaban J connectivity index is 0.00000280. The molecule has 1 unspecified atom stereocenters. The summed E-state index contributed by atoms with van der Waals surface area (Å²) >= 11 is 0. The number of carbonyl (C=O) groups excluding carboxylic acids is 1. The molecule has 2 aromatic carbocycles. The van der Waals surface area contributed by atoms with Crippen molar-refractivity contribution in [3.05, 3.63) is 59.4 Å². The van der Waals surface area contributed by atoms with E-state index in [-0.39, 0.29) is 40.5 Å². The quantitative estimate of drug-likeness (QED) is 0.786. The maximum Gasteiger partial charge on any atom is 0.262 e. The standard InChI is InChI=1S/C19H22FN3O3S.ClH/c1-13-11-15(20)7-8-18(13)27(25,26)22-17-6-4-3-5-16(17)19(24)23-10-9-21-14(2)12-23;/h3-8,11,14,21-22H,9-10,12H2,1-2H3;1H. The molecule has 28 heavy (non-hydrogen) atoms. The minimum atomic E-state index is -3.96. The molecule has 1 aliphatic heterocycles. The number of hydrogen-bond donors (Lipinski definition) is 2. The predicted octanol–water partition coefficient (Wildman–Crippen LogP) is 2.79. The molecule has 1 amide bonds. The number of rotatable bonds is 4. The van der Waals surface area contributed by atoms with E-state index in [1.165, 1.54) is 13.0 Å². The number of carbonyl (C=O) groups is 1. The molecule has 2 aromatic rings. The van der Waals surface area contributed by atoms with Gasteiger partial charge in [-0.3, -0.25) is 9.52 Å². The van der Waals surface area contributed by atoms with E-state index < -0.39 is 15.8 Å². The number of benzene rings is 2. The summed E-state index contributed by atoms with van der Waals surface area (Å²) in [4.78, 5) is 14.6. The number of nitrogens with one attached hydrogen (secondary N) is 2. The van der Waals surface area contributed by atoms with Crippen molar-refractivity contribution in [1.82, 2.24) is 10.2 Å². The van der Waals surface area contributed by atoms with Crippen LogP contribution in [-0.4, -0.2) is 44.9 Å². The first-order valence-corrected chi connectivity index (χ1v) is 10.2. The van der Waals surface area contributed by atoms with Gasteiger partial charge in [0, 0.05) is 25.7 Å². The largest absolute Gasteiger partial charge is 0.336 e. The van der Waals surface area contributed by atoms with E-state index in [0.29, 0.717) is 25.2 Å². The van der Waals surface area contributed by atoms with Crippen LogP contribution < -0.4 is 10.0 Å². The molecule has 0 aliphatic carbocycles. The van der Waals surface area contributed by atoms with Crippen molar-refractivity contribution in [3.63, 3.8) is 0 Å². The monoisotopic (exact) mass is 427 g/mol. The second kappa shape index (κ2) is 8.89. The van der Waals surface area contributed by atoms with Crippen LogP contribution >= 0.6 is 12.4 Å². The van der Waals surface area contributed by atoms with Crippen LogP contribution in [0.5, 0.6) is 0 Å². The van der Waals surface area contributed by atoms with Crippen LogP contribution in [-0.2, 0) is 10.0 Å². The van der Waals surface area contributed by atoms with Gasteiger partial charge >= 0.3 is 0 Å². The molecular weight excluding hydrogens is 405 g/mol. The third-order valence-corrected chi connectivity index (χ3v) is 6.01. The Hall–Kier alpha value is -2.16. The van der Waals surface area contributed by atoms with Gasteiger partial charge in [0.05, 0.1) is 16.1 Å². The first-order chi connectivity index (χ1) is 12.8. The average molecular weight is 428 g/mol. The molecule has 0 saturated carbocycles. The maximum absolute atomic E-state index is 13.3. The minimum Gasteiger partial charge on any atom is -0.336 e. The summed E-state index contributed by atoms with van der Waals surface area (Å²) in [6.45, 7) is 5.32. The normalized spacial score (nSPS) is 17.0. The Morgan fingerprint density at radius 3 is 2.64 bits per heavy atom. The lowest BCUT2D eigenvalue weighted by Crippen LogP contribution is -2.51. The van der Waals surface area contributed by atoms with Crippen molar-refractivity contribution in [2.45, 2.75) is 24.8 Å². The van der Waals surface area contributed by atoms with Crippen LogP contribution in [0.1, 0.15) is 22.8 Å². The number of sulfonamides is 1. The first-order valence-electron chi connectivity index (χ1n) is 8.68.